The first kappa shape index (κ1) is 17.2. The zero-order chi connectivity index (χ0) is 18.0. The summed E-state index contributed by atoms with van der Waals surface area (Å²) in [4.78, 5) is 26.8. The number of rotatable bonds is 4. The van der Waals surface area contributed by atoms with Crippen molar-refractivity contribution in [1.82, 2.24) is 5.32 Å². The van der Waals surface area contributed by atoms with E-state index in [1.807, 2.05) is 69.3 Å². The van der Waals surface area contributed by atoms with E-state index in [0.29, 0.717) is 6.54 Å². The van der Waals surface area contributed by atoms with E-state index >= 15 is 0 Å². The SMILES string of the molecule is Cc1ccc(C)c(N2C[C@H](C(=O)N[C@@H](C)c3ccccc3)CC2=O)c1. The van der Waals surface area contributed by atoms with Crippen molar-refractivity contribution in [2.24, 2.45) is 5.92 Å². The molecule has 2 amide bonds. The van der Waals surface area contributed by atoms with E-state index in [1.54, 1.807) is 4.90 Å². The average molecular weight is 336 g/mol. The smallest absolute Gasteiger partial charge is 0.227 e. The van der Waals surface area contributed by atoms with Crippen LogP contribution in [0.3, 0.4) is 0 Å². The normalized spacial score (nSPS) is 18.3. The summed E-state index contributed by atoms with van der Waals surface area (Å²) in [7, 11) is 0. The van der Waals surface area contributed by atoms with Crippen LogP contribution in [0.15, 0.2) is 48.5 Å². The Kier molecular flexibility index (Phi) is 4.88. The molecule has 1 saturated heterocycles. The summed E-state index contributed by atoms with van der Waals surface area (Å²) in [6.07, 6.45) is 0.265. The van der Waals surface area contributed by atoms with Crippen molar-refractivity contribution in [2.45, 2.75) is 33.2 Å². The lowest BCUT2D eigenvalue weighted by atomic mass is 10.0. The number of carbonyl (C=O) groups is 2. The summed E-state index contributed by atoms with van der Waals surface area (Å²) in [5, 5.41) is 3.04. The summed E-state index contributed by atoms with van der Waals surface area (Å²) in [5.74, 6) is -0.350. The van der Waals surface area contributed by atoms with Crippen LogP contribution >= 0.6 is 0 Å². The van der Waals surface area contributed by atoms with Crippen molar-refractivity contribution in [2.75, 3.05) is 11.4 Å². The van der Waals surface area contributed by atoms with Gasteiger partial charge in [-0.15, -0.1) is 0 Å². The molecule has 2 aromatic rings. The molecule has 3 rings (SSSR count). The Morgan fingerprint density at radius 3 is 2.60 bits per heavy atom. The van der Waals surface area contributed by atoms with Gasteiger partial charge >= 0.3 is 0 Å². The Morgan fingerprint density at radius 1 is 1.16 bits per heavy atom. The van der Waals surface area contributed by atoms with Gasteiger partial charge in [0.05, 0.1) is 12.0 Å². The minimum Gasteiger partial charge on any atom is -0.349 e. The molecule has 130 valence electrons. The second kappa shape index (κ2) is 7.09. The van der Waals surface area contributed by atoms with Crippen molar-refractivity contribution >= 4 is 17.5 Å². The van der Waals surface area contributed by atoms with Crippen LogP contribution < -0.4 is 10.2 Å². The third-order valence-corrected chi connectivity index (χ3v) is 4.81. The second-order valence-corrected chi connectivity index (χ2v) is 6.84. The molecule has 0 bridgehead atoms. The van der Waals surface area contributed by atoms with Crippen molar-refractivity contribution in [3.05, 3.63) is 65.2 Å². The molecule has 25 heavy (non-hydrogen) atoms. The van der Waals surface area contributed by atoms with Crippen LogP contribution in [-0.4, -0.2) is 18.4 Å². The Bertz CT molecular complexity index is 786. The number of nitrogens with one attached hydrogen (secondary N) is 1. The monoisotopic (exact) mass is 336 g/mol. The van der Waals surface area contributed by atoms with Gasteiger partial charge in [-0.2, -0.15) is 0 Å². The Hall–Kier alpha value is -2.62. The van der Waals surface area contributed by atoms with E-state index in [0.717, 1.165) is 22.4 Å². The number of benzene rings is 2. The maximum atomic E-state index is 12.6. The summed E-state index contributed by atoms with van der Waals surface area (Å²) < 4.78 is 0. The van der Waals surface area contributed by atoms with Gasteiger partial charge in [0.25, 0.3) is 0 Å². The first-order valence-corrected chi connectivity index (χ1v) is 8.68. The van der Waals surface area contributed by atoms with Gasteiger partial charge in [0, 0.05) is 18.7 Å². The van der Waals surface area contributed by atoms with Crippen LogP contribution in [0.25, 0.3) is 0 Å². The highest BCUT2D eigenvalue weighted by Crippen LogP contribution is 2.29. The molecule has 0 spiro atoms. The Balaban J connectivity index is 1.69. The molecular weight excluding hydrogens is 312 g/mol. The maximum absolute atomic E-state index is 12.6. The van der Waals surface area contributed by atoms with Crippen LogP contribution in [0.5, 0.6) is 0 Å². The largest absolute Gasteiger partial charge is 0.349 e. The molecule has 4 nitrogen and oxygen atoms in total. The highest BCUT2D eigenvalue weighted by molar-refractivity contribution is 6.00. The van der Waals surface area contributed by atoms with E-state index in [2.05, 4.69) is 5.32 Å². The number of carbonyl (C=O) groups excluding carboxylic acids is 2. The zero-order valence-electron chi connectivity index (χ0n) is 15.0. The van der Waals surface area contributed by atoms with E-state index in [1.165, 1.54) is 0 Å². The first-order chi connectivity index (χ1) is 12.0. The fourth-order valence-corrected chi connectivity index (χ4v) is 3.28. The molecule has 1 N–H and O–H groups in total. The van der Waals surface area contributed by atoms with Gasteiger partial charge in [0.2, 0.25) is 11.8 Å². The van der Waals surface area contributed by atoms with Crippen LogP contribution in [0, 0.1) is 19.8 Å². The summed E-state index contributed by atoms with van der Waals surface area (Å²) >= 11 is 0. The number of aryl methyl sites for hydroxylation is 2. The molecule has 2 atom stereocenters. The highest BCUT2D eigenvalue weighted by Gasteiger charge is 2.36. The van der Waals surface area contributed by atoms with Gasteiger partial charge in [-0.3, -0.25) is 9.59 Å². The van der Waals surface area contributed by atoms with Crippen LogP contribution in [0.1, 0.15) is 36.1 Å². The third-order valence-electron chi connectivity index (χ3n) is 4.81. The number of anilines is 1. The fraction of sp³-hybridized carbons (Fsp3) is 0.333. The molecule has 0 saturated carbocycles. The molecule has 1 fully saturated rings. The van der Waals surface area contributed by atoms with Crippen LogP contribution in [-0.2, 0) is 9.59 Å². The van der Waals surface area contributed by atoms with Gasteiger partial charge in [0.15, 0.2) is 0 Å². The molecule has 1 aliphatic heterocycles. The maximum Gasteiger partial charge on any atom is 0.227 e. The zero-order valence-corrected chi connectivity index (χ0v) is 15.0. The third kappa shape index (κ3) is 3.73. The highest BCUT2D eigenvalue weighted by atomic mass is 16.2. The van der Waals surface area contributed by atoms with Gasteiger partial charge < -0.3 is 10.2 Å². The lowest BCUT2D eigenvalue weighted by Gasteiger charge is -2.20. The quantitative estimate of drug-likeness (QED) is 0.928. The molecule has 0 radical (unpaired) electrons. The van der Waals surface area contributed by atoms with E-state index in [-0.39, 0.29) is 30.2 Å². The van der Waals surface area contributed by atoms with Crippen molar-refractivity contribution in [1.29, 1.82) is 0 Å². The van der Waals surface area contributed by atoms with Gasteiger partial charge in [-0.05, 0) is 43.5 Å². The van der Waals surface area contributed by atoms with Crippen molar-refractivity contribution in [3.8, 4) is 0 Å². The fourth-order valence-electron chi connectivity index (χ4n) is 3.28. The van der Waals surface area contributed by atoms with E-state index < -0.39 is 0 Å². The topological polar surface area (TPSA) is 49.4 Å². The average Bonchev–Trinajstić information content (AvgIpc) is 2.99. The first-order valence-electron chi connectivity index (χ1n) is 8.68. The summed E-state index contributed by atoms with van der Waals surface area (Å²) in [5.41, 5.74) is 4.14. The molecule has 2 aromatic carbocycles. The predicted molar refractivity (Wildman–Crippen MR) is 99.4 cm³/mol. The van der Waals surface area contributed by atoms with Crippen LogP contribution in [0.2, 0.25) is 0 Å². The number of nitrogens with zero attached hydrogens (tertiary/aromatic N) is 1. The standard InChI is InChI=1S/C21H24N2O2/c1-14-9-10-15(2)19(11-14)23-13-18(12-20(23)24)21(25)22-16(3)17-7-5-4-6-8-17/h4-11,16,18H,12-13H2,1-3H3,(H,22,25)/t16-,18+/m0/s1. The van der Waals surface area contributed by atoms with Crippen molar-refractivity contribution in [3.63, 3.8) is 0 Å². The van der Waals surface area contributed by atoms with Gasteiger partial charge in [0.1, 0.15) is 0 Å². The lowest BCUT2D eigenvalue weighted by molar-refractivity contribution is -0.126. The van der Waals surface area contributed by atoms with Crippen LogP contribution in [0.4, 0.5) is 5.69 Å². The van der Waals surface area contributed by atoms with Gasteiger partial charge in [-0.25, -0.2) is 0 Å². The number of hydrogen-bond donors (Lipinski definition) is 1. The van der Waals surface area contributed by atoms with E-state index in [4.69, 9.17) is 0 Å². The second-order valence-electron chi connectivity index (χ2n) is 6.84. The van der Waals surface area contributed by atoms with Gasteiger partial charge in [-0.1, -0.05) is 42.5 Å². The summed E-state index contributed by atoms with van der Waals surface area (Å²) in [6, 6.07) is 15.8. The lowest BCUT2D eigenvalue weighted by Crippen LogP contribution is -2.34. The predicted octanol–water partition coefficient (Wildman–Crippen LogP) is 3.53. The molecule has 1 aliphatic rings. The number of amides is 2. The van der Waals surface area contributed by atoms with Crippen molar-refractivity contribution < 1.29 is 9.59 Å². The number of hydrogen-bond acceptors (Lipinski definition) is 2. The van der Waals surface area contributed by atoms with E-state index in [9.17, 15) is 9.59 Å². The molecule has 0 aromatic heterocycles. The minimum atomic E-state index is -0.307. The molecule has 4 heteroatoms. The Labute approximate surface area is 148 Å². The molecule has 1 heterocycles. The minimum absolute atomic E-state index is 0.0150. The summed E-state index contributed by atoms with van der Waals surface area (Å²) in [6.45, 7) is 6.41. The molecule has 0 unspecified atom stereocenters. The molecular formula is C21H24N2O2. The Morgan fingerprint density at radius 2 is 1.88 bits per heavy atom. The molecule has 0 aliphatic carbocycles.